The molecule has 1 N–H and O–H groups in total. The summed E-state index contributed by atoms with van der Waals surface area (Å²) in [4.78, 5) is 0. The number of hydrogen-bond donors (Lipinski definition) is 1. The molecule has 88 valence electrons. The van der Waals surface area contributed by atoms with Gasteiger partial charge in [0.1, 0.15) is 5.75 Å². The van der Waals surface area contributed by atoms with Gasteiger partial charge in [-0.05, 0) is 55.5 Å². The van der Waals surface area contributed by atoms with E-state index in [0.29, 0.717) is 5.75 Å². The maximum atomic E-state index is 10.2. The molecule has 2 aromatic rings. The van der Waals surface area contributed by atoms with Gasteiger partial charge < -0.3 is 5.11 Å². The molecule has 0 unspecified atom stereocenters. The van der Waals surface area contributed by atoms with Crippen LogP contribution in [0.15, 0.2) is 30.3 Å². The van der Waals surface area contributed by atoms with Crippen molar-refractivity contribution in [3.8, 4) is 16.9 Å². The highest BCUT2D eigenvalue weighted by molar-refractivity contribution is 5.73. The molecular formula is C16H18O. The Morgan fingerprint density at radius 3 is 2.06 bits per heavy atom. The molecule has 1 nitrogen and oxygen atoms in total. The molecule has 0 aromatic heterocycles. The van der Waals surface area contributed by atoms with Gasteiger partial charge >= 0.3 is 0 Å². The van der Waals surface area contributed by atoms with Crippen LogP contribution in [-0.4, -0.2) is 5.11 Å². The van der Waals surface area contributed by atoms with Crippen LogP contribution in [0.5, 0.6) is 5.75 Å². The highest BCUT2D eigenvalue weighted by Gasteiger charge is 2.09. The lowest BCUT2D eigenvalue weighted by Gasteiger charge is -2.11. The first-order valence-corrected chi connectivity index (χ1v) is 5.87. The molecule has 0 bridgehead atoms. The predicted molar refractivity (Wildman–Crippen MR) is 72.5 cm³/mol. The van der Waals surface area contributed by atoms with Crippen LogP contribution in [0.2, 0.25) is 0 Å². The van der Waals surface area contributed by atoms with Crippen molar-refractivity contribution in [2.75, 3.05) is 0 Å². The van der Waals surface area contributed by atoms with Crippen molar-refractivity contribution >= 4 is 0 Å². The van der Waals surface area contributed by atoms with Crippen LogP contribution < -0.4 is 0 Å². The number of phenolic OH excluding ortho intramolecular Hbond substituents is 1. The summed E-state index contributed by atoms with van der Waals surface area (Å²) >= 11 is 0. The highest BCUT2D eigenvalue weighted by atomic mass is 16.3. The van der Waals surface area contributed by atoms with Gasteiger partial charge in [0.15, 0.2) is 0 Å². The van der Waals surface area contributed by atoms with Gasteiger partial charge in [-0.15, -0.1) is 0 Å². The first kappa shape index (κ1) is 11.7. The minimum atomic E-state index is 0.397. The maximum Gasteiger partial charge on any atom is 0.126 e. The minimum absolute atomic E-state index is 0.397. The SMILES string of the molecule is Cc1ccc(-c2ccc(C)c(C)c2O)cc1C. The molecule has 0 aliphatic carbocycles. The summed E-state index contributed by atoms with van der Waals surface area (Å²) < 4.78 is 0. The molecule has 0 spiro atoms. The molecule has 0 amide bonds. The Labute approximate surface area is 103 Å². The maximum absolute atomic E-state index is 10.2. The van der Waals surface area contributed by atoms with Gasteiger partial charge in [0.2, 0.25) is 0 Å². The molecule has 17 heavy (non-hydrogen) atoms. The quantitative estimate of drug-likeness (QED) is 0.769. The second-order valence-electron chi connectivity index (χ2n) is 4.70. The van der Waals surface area contributed by atoms with Crippen LogP contribution in [-0.2, 0) is 0 Å². The first-order chi connectivity index (χ1) is 8.00. The normalized spacial score (nSPS) is 10.6. The number of benzene rings is 2. The molecule has 0 radical (unpaired) electrons. The van der Waals surface area contributed by atoms with Crippen molar-refractivity contribution in [1.82, 2.24) is 0 Å². The van der Waals surface area contributed by atoms with Crippen molar-refractivity contribution in [2.45, 2.75) is 27.7 Å². The van der Waals surface area contributed by atoms with Crippen molar-refractivity contribution in [1.29, 1.82) is 0 Å². The van der Waals surface area contributed by atoms with Crippen LogP contribution in [0.1, 0.15) is 22.3 Å². The summed E-state index contributed by atoms with van der Waals surface area (Å²) in [6.45, 7) is 8.16. The molecule has 0 atom stereocenters. The summed E-state index contributed by atoms with van der Waals surface area (Å²) in [6, 6.07) is 10.3. The van der Waals surface area contributed by atoms with Gasteiger partial charge in [-0.25, -0.2) is 0 Å². The van der Waals surface area contributed by atoms with Gasteiger partial charge in [-0.1, -0.05) is 30.3 Å². The van der Waals surface area contributed by atoms with E-state index in [1.165, 1.54) is 11.1 Å². The Balaban J connectivity index is 2.61. The van der Waals surface area contributed by atoms with Crippen LogP contribution >= 0.6 is 0 Å². The Hall–Kier alpha value is -1.76. The lowest BCUT2D eigenvalue weighted by atomic mass is 9.96. The van der Waals surface area contributed by atoms with E-state index in [1.807, 2.05) is 19.9 Å². The molecule has 0 saturated heterocycles. The van der Waals surface area contributed by atoms with Gasteiger partial charge in [0.25, 0.3) is 0 Å². The summed E-state index contributed by atoms with van der Waals surface area (Å²) in [5, 5.41) is 10.2. The summed E-state index contributed by atoms with van der Waals surface area (Å²) in [6.07, 6.45) is 0. The fourth-order valence-electron chi connectivity index (χ4n) is 1.94. The summed E-state index contributed by atoms with van der Waals surface area (Å²) in [5.74, 6) is 0.397. The molecule has 0 saturated carbocycles. The van der Waals surface area contributed by atoms with Crippen molar-refractivity contribution in [3.05, 3.63) is 52.6 Å². The minimum Gasteiger partial charge on any atom is -0.507 e. The molecule has 0 aliphatic heterocycles. The van der Waals surface area contributed by atoms with Crippen LogP contribution in [0.25, 0.3) is 11.1 Å². The molecular weight excluding hydrogens is 208 g/mol. The van der Waals surface area contributed by atoms with Crippen LogP contribution in [0, 0.1) is 27.7 Å². The zero-order chi connectivity index (χ0) is 12.6. The molecule has 0 heterocycles. The lowest BCUT2D eigenvalue weighted by Crippen LogP contribution is -1.88. The van der Waals surface area contributed by atoms with E-state index in [2.05, 4.69) is 38.1 Å². The van der Waals surface area contributed by atoms with Crippen LogP contribution in [0.4, 0.5) is 0 Å². The highest BCUT2D eigenvalue weighted by Crippen LogP contribution is 2.34. The molecule has 2 aromatic carbocycles. The van der Waals surface area contributed by atoms with E-state index >= 15 is 0 Å². The Bertz CT molecular complexity index is 568. The Morgan fingerprint density at radius 1 is 0.765 bits per heavy atom. The first-order valence-electron chi connectivity index (χ1n) is 5.87. The fraction of sp³-hybridized carbons (Fsp3) is 0.250. The van der Waals surface area contributed by atoms with Gasteiger partial charge in [-0.2, -0.15) is 0 Å². The third-order valence-electron chi connectivity index (χ3n) is 3.52. The molecule has 1 heteroatoms. The zero-order valence-corrected chi connectivity index (χ0v) is 10.8. The second-order valence-corrected chi connectivity index (χ2v) is 4.70. The van der Waals surface area contributed by atoms with Crippen molar-refractivity contribution in [2.24, 2.45) is 0 Å². The van der Waals surface area contributed by atoms with Crippen LogP contribution in [0.3, 0.4) is 0 Å². The monoisotopic (exact) mass is 226 g/mol. The largest absolute Gasteiger partial charge is 0.507 e. The number of phenols is 1. The van der Waals surface area contributed by atoms with Crippen molar-refractivity contribution < 1.29 is 5.11 Å². The Kier molecular flexibility index (Phi) is 2.93. The smallest absolute Gasteiger partial charge is 0.126 e. The van der Waals surface area contributed by atoms with Crippen molar-refractivity contribution in [3.63, 3.8) is 0 Å². The van der Waals surface area contributed by atoms with E-state index in [-0.39, 0.29) is 0 Å². The van der Waals surface area contributed by atoms with Gasteiger partial charge in [0.05, 0.1) is 0 Å². The average molecular weight is 226 g/mol. The number of rotatable bonds is 1. The third-order valence-corrected chi connectivity index (χ3v) is 3.52. The summed E-state index contributed by atoms with van der Waals surface area (Å²) in [5.41, 5.74) is 6.60. The Morgan fingerprint density at radius 2 is 1.41 bits per heavy atom. The molecule has 2 rings (SSSR count). The number of aryl methyl sites for hydroxylation is 3. The summed E-state index contributed by atoms with van der Waals surface area (Å²) in [7, 11) is 0. The zero-order valence-electron chi connectivity index (χ0n) is 10.8. The average Bonchev–Trinajstić information content (AvgIpc) is 2.30. The van der Waals surface area contributed by atoms with E-state index < -0.39 is 0 Å². The third kappa shape index (κ3) is 2.05. The van der Waals surface area contributed by atoms with E-state index in [9.17, 15) is 5.11 Å². The standard InChI is InChI=1S/C16H18O/c1-10-5-7-14(9-12(10)3)15-8-6-11(2)13(4)16(15)17/h5-9,17H,1-4H3. The van der Waals surface area contributed by atoms with E-state index in [0.717, 1.165) is 22.3 Å². The van der Waals surface area contributed by atoms with E-state index in [4.69, 9.17) is 0 Å². The predicted octanol–water partition coefficient (Wildman–Crippen LogP) is 4.29. The van der Waals surface area contributed by atoms with Gasteiger partial charge in [0, 0.05) is 5.56 Å². The molecule has 0 aliphatic rings. The number of aromatic hydroxyl groups is 1. The fourth-order valence-corrected chi connectivity index (χ4v) is 1.94. The van der Waals surface area contributed by atoms with Gasteiger partial charge in [-0.3, -0.25) is 0 Å². The molecule has 0 fully saturated rings. The topological polar surface area (TPSA) is 20.2 Å². The lowest BCUT2D eigenvalue weighted by molar-refractivity contribution is 0.472. The van der Waals surface area contributed by atoms with E-state index in [1.54, 1.807) is 0 Å². The number of hydrogen-bond acceptors (Lipinski definition) is 1. The second kappa shape index (κ2) is 4.25.